The molecule has 0 saturated heterocycles. The lowest BCUT2D eigenvalue weighted by Crippen LogP contribution is -2.39. The molecule has 128 valence electrons. The molecule has 0 aliphatic rings. The third kappa shape index (κ3) is 5.36. The third-order valence-electron chi connectivity index (χ3n) is 2.80. The minimum atomic E-state index is -1.09. The first-order chi connectivity index (χ1) is 10.9. The smallest absolute Gasteiger partial charge is 0.336 e. The number of nitroso groups, excluding NO2 is 1. The standard InChI is InChI=1S/C11H15ClFN5O4S/c1-23-8(17-6-7(13)9(19)15-11(17)21)2-4-14-10(20)18(16-22)5-3-12/h6,8H,2-5H2,1H3,(H,14,20)(H,15,19,21). The number of aromatic amines is 1. The molecule has 9 nitrogen and oxygen atoms in total. The van der Waals surface area contributed by atoms with E-state index < -0.39 is 28.5 Å². The van der Waals surface area contributed by atoms with Gasteiger partial charge in [0.1, 0.15) is 0 Å². The number of carbonyl (C=O) groups excluding carboxylic acids is 1. The molecule has 0 radical (unpaired) electrons. The number of carbonyl (C=O) groups is 1. The number of nitrogens with one attached hydrogen (secondary N) is 2. The fraction of sp³-hybridized carbons (Fsp3) is 0.545. The third-order valence-corrected chi connectivity index (χ3v) is 3.98. The van der Waals surface area contributed by atoms with Crippen LogP contribution in [0.1, 0.15) is 11.8 Å². The van der Waals surface area contributed by atoms with E-state index in [1.54, 1.807) is 6.26 Å². The zero-order valence-electron chi connectivity index (χ0n) is 12.1. The zero-order valence-corrected chi connectivity index (χ0v) is 13.7. The Balaban J connectivity index is 2.70. The second-order valence-corrected chi connectivity index (χ2v) is 5.64. The van der Waals surface area contributed by atoms with E-state index in [0.717, 1.165) is 10.8 Å². The van der Waals surface area contributed by atoms with E-state index in [2.05, 4.69) is 10.6 Å². The van der Waals surface area contributed by atoms with Crippen molar-refractivity contribution in [3.8, 4) is 0 Å². The molecule has 1 aromatic heterocycles. The van der Waals surface area contributed by atoms with Gasteiger partial charge in [-0.25, -0.2) is 9.59 Å². The summed E-state index contributed by atoms with van der Waals surface area (Å²) in [4.78, 5) is 46.6. The number of hydrogen-bond donors (Lipinski definition) is 2. The van der Waals surface area contributed by atoms with Gasteiger partial charge >= 0.3 is 11.7 Å². The Labute approximate surface area is 139 Å². The lowest BCUT2D eigenvalue weighted by Gasteiger charge is -2.18. The number of thioether (sulfide) groups is 1. The first-order valence-electron chi connectivity index (χ1n) is 6.43. The average molecular weight is 368 g/mol. The highest BCUT2D eigenvalue weighted by molar-refractivity contribution is 7.98. The summed E-state index contributed by atoms with van der Waals surface area (Å²) in [5.74, 6) is -1.02. The highest BCUT2D eigenvalue weighted by atomic mass is 35.5. The number of urea groups is 1. The zero-order chi connectivity index (χ0) is 17.4. The number of H-pyrrole nitrogens is 1. The van der Waals surface area contributed by atoms with Crippen LogP contribution in [0.5, 0.6) is 0 Å². The molecule has 0 aromatic carbocycles. The van der Waals surface area contributed by atoms with Crippen LogP contribution >= 0.6 is 23.4 Å². The normalized spacial score (nSPS) is 11.8. The summed E-state index contributed by atoms with van der Waals surface area (Å²) >= 11 is 6.66. The molecule has 1 rings (SSSR count). The van der Waals surface area contributed by atoms with Crippen LogP contribution in [0.15, 0.2) is 21.1 Å². The van der Waals surface area contributed by atoms with E-state index in [1.807, 2.05) is 4.98 Å². The van der Waals surface area contributed by atoms with Gasteiger partial charge in [0.05, 0.1) is 23.4 Å². The molecule has 0 aliphatic carbocycles. The highest BCUT2D eigenvalue weighted by Gasteiger charge is 2.16. The maximum absolute atomic E-state index is 13.3. The summed E-state index contributed by atoms with van der Waals surface area (Å²) in [5, 5.41) is 5.08. The molecule has 1 atom stereocenters. The molecule has 23 heavy (non-hydrogen) atoms. The van der Waals surface area contributed by atoms with Crippen molar-refractivity contribution in [3.05, 3.63) is 37.8 Å². The van der Waals surface area contributed by atoms with E-state index in [-0.39, 0.29) is 25.4 Å². The van der Waals surface area contributed by atoms with E-state index in [1.165, 1.54) is 11.8 Å². The van der Waals surface area contributed by atoms with Gasteiger partial charge in [-0.2, -0.15) is 9.40 Å². The van der Waals surface area contributed by atoms with Gasteiger partial charge in [-0.1, -0.05) is 0 Å². The summed E-state index contributed by atoms with van der Waals surface area (Å²) in [6.45, 7) is 0.0687. The second-order valence-electron chi connectivity index (χ2n) is 4.25. The number of rotatable bonds is 8. The summed E-state index contributed by atoms with van der Waals surface area (Å²) in [5.41, 5.74) is -1.84. The van der Waals surface area contributed by atoms with Gasteiger partial charge < -0.3 is 5.32 Å². The van der Waals surface area contributed by atoms with Gasteiger partial charge in [0.15, 0.2) is 0 Å². The minimum Gasteiger partial charge on any atom is -0.336 e. The number of aromatic nitrogens is 2. The molecule has 12 heteroatoms. The van der Waals surface area contributed by atoms with Gasteiger partial charge in [-0.3, -0.25) is 14.3 Å². The summed E-state index contributed by atoms with van der Waals surface area (Å²) in [6.07, 6.45) is 2.76. The van der Waals surface area contributed by atoms with Crippen LogP contribution in [-0.4, -0.2) is 45.8 Å². The topological polar surface area (TPSA) is 117 Å². The van der Waals surface area contributed by atoms with E-state index in [4.69, 9.17) is 11.6 Å². The molecule has 0 bridgehead atoms. The van der Waals surface area contributed by atoms with E-state index in [9.17, 15) is 23.7 Å². The summed E-state index contributed by atoms with van der Waals surface area (Å²) < 4.78 is 14.3. The maximum atomic E-state index is 13.3. The van der Waals surface area contributed by atoms with Gasteiger partial charge in [-0.05, 0) is 12.7 Å². The molecule has 2 N–H and O–H groups in total. The highest BCUT2D eigenvalue weighted by Crippen LogP contribution is 2.21. The monoisotopic (exact) mass is 367 g/mol. The van der Waals surface area contributed by atoms with Crippen LogP contribution < -0.4 is 16.6 Å². The van der Waals surface area contributed by atoms with Crippen molar-refractivity contribution in [2.24, 2.45) is 5.29 Å². The lowest BCUT2D eigenvalue weighted by molar-refractivity contribution is 0.202. The summed E-state index contributed by atoms with van der Waals surface area (Å²) in [7, 11) is 0. The van der Waals surface area contributed by atoms with Crippen LogP contribution in [0.4, 0.5) is 9.18 Å². The molecule has 1 unspecified atom stereocenters. The Morgan fingerprint density at radius 3 is 2.87 bits per heavy atom. The van der Waals surface area contributed by atoms with Crippen LogP contribution in [-0.2, 0) is 0 Å². The molecule has 0 fully saturated rings. The molecule has 2 amide bonds. The van der Waals surface area contributed by atoms with Crippen molar-refractivity contribution in [3.63, 3.8) is 0 Å². The Hall–Kier alpha value is -1.88. The predicted octanol–water partition coefficient (Wildman–Crippen LogP) is 0.859. The van der Waals surface area contributed by atoms with Crippen LogP contribution in [0, 0.1) is 10.7 Å². The van der Waals surface area contributed by atoms with Crippen molar-refractivity contribution in [2.75, 3.05) is 25.2 Å². The average Bonchev–Trinajstić information content (AvgIpc) is 2.53. The fourth-order valence-electron chi connectivity index (χ4n) is 1.70. The predicted molar refractivity (Wildman–Crippen MR) is 85.1 cm³/mol. The van der Waals surface area contributed by atoms with Crippen molar-refractivity contribution >= 4 is 29.4 Å². The second kappa shape index (κ2) is 9.30. The molecular weight excluding hydrogens is 353 g/mol. The largest absolute Gasteiger partial charge is 0.340 e. The van der Waals surface area contributed by atoms with Gasteiger partial charge in [0, 0.05) is 12.4 Å². The van der Waals surface area contributed by atoms with Crippen LogP contribution in [0.3, 0.4) is 0 Å². The van der Waals surface area contributed by atoms with Crippen molar-refractivity contribution in [1.29, 1.82) is 0 Å². The number of amides is 2. The molecule has 0 aliphatic heterocycles. The molecule has 1 heterocycles. The Bertz CT molecular complexity index is 667. The molecule has 0 saturated carbocycles. The quantitative estimate of drug-likeness (QED) is 0.401. The van der Waals surface area contributed by atoms with Gasteiger partial charge in [0.25, 0.3) is 5.56 Å². The lowest BCUT2D eigenvalue weighted by atomic mass is 10.4. The fourth-order valence-corrected chi connectivity index (χ4v) is 2.60. The van der Waals surface area contributed by atoms with E-state index >= 15 is 0 Å². The number of alkyl halides is 1. The van der Waals surface area contributed by atoms with Crippen molar-refractivity contribution in [1.82, 2.24) is 19.9 Å². The molecule has 1 aromatic rings. The Kier molecular flexibility index (Phi) is 7.75. The number of halogens is 2. The molecule has 0 spiro atoms. The number of nitrogens with zero attached hydrogens (tertiary/aromatic N) is 3. The van der Waals surface area contributed by atoms with Crippen molar-refractivity contribution in [2.45, 2.75) is 11.8 Å². The van der Waals surface area contributed by atoms with Crippen molar-refractivity contribution < 1.29 is 9.18 Å². The number of hydrogen-bond acceptors (Lipinski definition) is 6. The Morgan fingerprint density at radius 1 is 1.61 bits per heavy atom. The minimum absolute atomic E-state index is 0.0343. The Morgan fingerprint density at radius 2 is 2.30 bits per heavy atom. The van der Waals surface area contributed by atoms with Gasteiger partial charge in [0.2, 0.25) is 5.82 Å². The summed E-state index contributed by atoms with van der Waals surface area (Å²) in [6, 6.07) is -0.722. The van der Waals surface area contributed by atoms with E-state index in [0.29, 0.717) is 5.01 Å². The maximum Gasteiger partial charge on any atom is 0.340 e. The molecular formula is C11H15ClFN5O4S. The SMILES string of the molecule is CSC(CCNC(=O)N(CCCl)N=O)n1cc(F)c(=O)[nH]c1=O. The van der Waals surface area contributed by atoms with Crippen LogP contribution in [0.25, 0.3) is 0 Å². The van der Waals surface area contributed by atoms with Gasteiger partial charge in [-0.15, -0.1) is 28.3 Å². The van der Waals surface area contributed by atoms with Crippen LogP contribution in [0.2, 0.25) is 0 Å². The first kappa shape index (κ1) is 19.2. The first-order valence-corrected chi connectivity index (χ1v) is 8.25.